The second-order valence-electron chi connectivity index (χ2n) is 3.62. The van der Waals surface area contributed by atoms with E-state index in [0.29, 0.717) is 5.92 Å². The molecule has 0 atom stereocenters. The van der Waals surface area contributed by atoms with E-state index in [-0.39, 0.29) is 0 Å². The summed E-state index contributed by atoms with van der Waals surface area (Å²) in [6.45, 7) is 2.40. The van der Waals surface area contributed by atoms with E-state index in [0.717, 1.165) is 5.03 Å². The van der Waals surface area contributed by atoms with Crippen molar-refractivity contribution in [2.24, 2.45) is 0 Å². The quantitative estimate of drug-likeness (QED) is 0.722. The number of thiol groups is 1. The van der Waals surface area contributed by atoms with Crippen molar-refractivity contribution in [3.63, 3.8) is 0 Å². The molecule has 1 fully saturated rings. The maximum Gasteiger partial charge on any atom is 0.104 e. The summed E-state index contributed by atoms with van der Waals surface area (Å²) in [5.74, 6) is 0.682. The predicted octanol–water partition coefficient (Wildman–Crippen LogP) is 2.24. The molecule has 4 heteroatoms. The molecule has 1 saturated heterocycles. The molecule has 0 N–H and O–H groups in total. The second kappa shape index (κ2) is 3.98. The number of hydrogen-bond donors (Lipinski definition) is 1. The van der Waals surface area contributed by atoms with Gasteiger partial charge in [0, 0.05) is 11.3 Å². The monoisotopic (exact) mass is 214 g/mol. The molecule has 1 aromatic heterocycles. The van der Waals surface area contributed by atoms with Crippen LogP contribution in [-0.2, 0) is 0 Å². The molecule has 0 bridgehead atoms. The van der Waals surface area contributed by atoms with Crippen LogP contribution in [0.2, 0.25) is 0 Å². The Morgan fingerprint density at radius 1 is 1.54 bits per heavy atom. The van der Waals surface area contributed by atoms with Crippen LogP contribution in [0, 0.1) is 0 Å². The van der Waals surface area contributed by atoms with Gasteiger partial charge in [0.1, 0.15) is 5.03 Å². The van der Waals surface area contributed by atoms with E-state index in [2.05, 4.69) is 29.6 Å². The van der Waals surface area contributed by atoms with Gasteiger partial charge in [0.05, 0.1) is 5.01 Å². The van der Waals surface area contributed by atoms with Crippen molar-refractivity contribution in [1.82, 2.24) is 9.88 Å². The van der Waals surface area contributed by atoms with Gasteiger partial charge in [-0.05, 0) is 33.0 Å². The summed E-state index contributed by atoms with van der Waals surface area (Å²) in [5.41, 5.74) is 0. The minimum atomic E-state index is 0.682. The van der Waals surface area contributed by atoms with Crippen LogP contribution in [-0.4, -0.2) is 30.0 Å². The third kappa shape index (κ3) is 2.24. The van der Waals surface area contributed by atoms with Gasteiger partial charge in [-0.15, -0.1) is 24.0 Å². The van der Waals surface area contributed by atoms with Gasteiger partial charge in [-0.2, -0.15) is 0 Å². The largest absolute Gasteiger partial charge is 0.306 e. The average molecular weight is 214 g/mol. The Bertz CT molecular complexity index is 277. The molecule has 0 unspecified atom stereocenters. The normalized spacial score (nSPS) is 20.8. The highest BCUT2D eigenvalue weighted by Crippen LogP contribution is 2.30. The summed E-state index contributed by atoms with van der Waals surface area (Å²) in [6, 6.07) is 0. The Morgan fingerprint density at radius 2 is 2.23 bits per heavy atom. The topological polar surface area (TPSA) is 16.1 Å². The summed E-state index contributed by atoms with van der Waals surface area (Å²) in [6.07, 6.45) is 2.49. The lowest BCUT2D eigenvalue weighted by molar-refractivity contribution is 0.255. The van der Waals surface area contributed by atoms with E-state index >= 15 is 0 Å². The Hall–Kier alpha value is -0.0600. The van der Waals surface area contributed by atoms with Gasteiger partial charge in [0.15, 0.2) is 0 Å². The van der Waals surface area contributed by atoms with Gasteiger partial charge in [0.25, 0.3) is 0 Å². The Morgan fingerprint density at radius 3 is 2.77 bits per heavy atom. The molecular weight excluding hydrogens is 200 g/mol. The van der Waals surface area contributed by atoms with Crippen LogP contribution in [0.25, 0.3) is 0 Å². The second-order valence-corrected chi connectivity index (χ2v) is 4.97. The molecular formula is C9H14N2S2. The van der Waals surface area contributed by atoms with E-state index < -0.39 is 0 Å². The number of thiazole rings is 1. The Labute approximate surface area is 88.4 Å². The summed E-state index contributed by atoms with van der Waals surface area (Å²) >= 11 is 5.98. The van der Waals surface area contributed by atoms with Crippen LogP contribution in [0.3, 0.4) is 0 Å². The number of hydrogen-bond acceptors (Lipinski definition) is 4. The fourth-order valence-electron chi connectivity index (χ4n) is 1.72. The number of aromatic nitrogens is 1. The molecule has 72 valence electrons. The third-order valence-corrected chi connectivity index (χ3v) is 3.99. The zero-order valence-electron chi connectivity index (χ0n) is 7.73. The average Bonchev–Trinajstić information content (AvgIpc) is 2.53. The van der Waals surface area contributed by atoms with Crippen LogP contribution < -0.4 is 0 Å². The highest BCUT2D eigenvalue weighted by Gasteiger charge is 2.20. The first-order valence-corrected chi connectivity index (χ1v) is 5.91. The minimum absolute atomic E-state index is 0.682. The zero-order chi connectivity index (χ0) is 9.26. The maximum atomic E-state index is 4.42. The van der Waals surface area contributed by atoms with Gasteiger partial charge in [-0.1, -0.05) is 0 Å². The van der Waals surface area contributed by atoms with Gasteiger partial charge in [-0.25, -0.2) is 4.98 Å². The van der Waals surface area contributed by atoms with Crippen molar-refractivity contribution in [2.45, 2.75) is 23.8 Å². The third-order valence-electron chi connectivity index (χ3n) is 2.58. The Balaban J connectivity index is 2.02. The van der Waals surface area contributed by atoms with Crippen molar-refractivity contribution in [3.05, 3.63) is 10.4 Å². The number of rotatable bonds is 1. The fraction of sp³-hybridized carbons (Fsp3) is 0.667. The number of likely N-dealkylation sites (tertiary alicyclic amines) is 1. The van der Waals surface area contributed by atoms with Gasteiger partial charge in [-0.3, -0.25) is 0 Å². The van der Waals surface area contributed by atoms with Crippen molar-refractivity contribution >= 4 is 24.0 Å². The Kier molecular flexibility index (Phi) is 2.91. The summed E-state index contributed by atoms with van der Waals surface area (Å²) in [5, 5.41) is 4.17. The van der Waals surface area contributed by atoms with E-state index in [9.17, 15) is 0 Å². The molecule has 0 aliphatic carbocycles. The summed E-state index contributed by atoms with van der Waals surface area (Å²) in [4.78, 5) is 6.80. The van der Waals surface area contributed by atoms with Crippen molar-refractivity contribution in [3.8, 4) is 0 Å². The van der Waals surface area contributed by atoms with Crippen LogP contribution in [0.5, 0.6) is 0 Å². The molecule has 1 aliphatic heterocycles. The predicted molar refractivity (Wildman–Crippen MR) is 58.8 cm³/mol. The first-order valence-electron chi connectivity index (χ1n) is 4.58. The first kappa shape index (κ1) is 9.49. The number of nitrogens with zero attached hydrogens (tertiary/aromatic N) is 2. The van der Waals surface area contributed by atoms with E-state index in [1.165, 1.54) is 30.9 Å². The summed E-state index contributed by atoms with van der Waals surface area (Å²) in [7, 11) is 2.18. The lowest BCUT2D eigenvalue weighted by atomic mass is 9.98. The molecule has 0 radical (unpaired) electrons. The fourth-order valence-corrected chi connectivity index (χ4v) is 2.91. The zero-order valence-corrected chi connectivity index (χ0v) is 9.44. The van der Waals surface area contributed by atoms with E-state index in [1.807, 2.05) is 5.38 Å². The highest BCUT2D eigenvalue weighted by atomic mass is 32.1. The van der Waals surface area contributed by atoms with E-state index in [4.69, 9.17) is 0 Å². The smallest absolute Gasteiger partial charge is 0.104 e. The van der Waals surface area contributed by atoms with Crippen LogP contribution in [0.4, 0.5) is 0 Å². The molecule has 2 heterocycles. The standard InChI is InChI=1S/C9H14N2S2/c1-11-4-2-7(3-5-11)9-10-8(12)6-13-9/h6-7,12H,2-5H2,1H3. The minimum Gasteiger partial charge on any atom is -0.306 e. The van der Waals surface area contributed by atoms with Crippen LogP contribution in [0.15, 0.2) is 10.4 Å². The first-order chi connectivity index (χ1) is 6.25. The van der Waals surface area contributed by atoms with Crippen molar-refractivity contribution < 1.29 is 0 Å². The molecule has 13 heavy (non-hydrogen) atoms. The van der Waals surface area contributed by atoms with Crippen LogP contribution >= 0.6 is 24.0 Å². The molecule has 0 amide bonds. The lowest BCUT2D eigenvalue weighted by Gasteiger charge is -2.27. The molecule has 1 aromatic rings. The van der Waals surface area contributed by atoms with Crippen molar-refractivity contribution in [1.29, 1.82) is 0 Å². The number of piperidine rings is 1. The molecule has 0 aromatic carbocycles. The van der Waals surface area contributed by atoms with Crippen LogP contribution in [0.1, 0.15) is 23.8 Å². The molecule has 0 saturated carbocycles. The summed E-state index contributed by atoms with van der Waals surface area (Å²) < 4.78 is 0. The molecule has 0 spiro atoms. The SMILES string of the molecule is CN1CCC(c2nc(S)cs2)CC1. The molecule has 2 nitrogen and oxygen atoms in total. The molecule has 2 rings (SSSR count). The lowest BCUT2D eigenvalue weighted by Crippen LogP contribution is -2.29. The maximum absolute atomic E-state index is 4.42. The van der Waals surface area contributed by atoms with Crippen molar-refractivity contribution in [2.75, 3.05) is 20.1 Å². The van der Waals surface area contributed by atoms with Gasteiger partial charge < -0.3 is 4.90 Å². The van der Waals surface area contributed by atoms with Gasteiger partial charge in [0.2, 0.25) is 0 Å². The molecule has 1 aliphatic rings. The van der Waals surface area contributed by atoms with E-state index in [1.54, 1.807) is 11.3 Å². The van der Waals surface area contributed by atoms with Gasteiger partial charge >= 0.3 is 0 Å². The highest BCUT2D eigenvalue weighted by molar-refractivity contribution is 7.80.